The minimum Gasteiger partial charge on any atom is -0.497 e. The number of carbonyl (C=O) groups is 2. The van der Waals surface area contributed by atoms with Crippen molar-refractivity contribution in [2.24, 2.45) is 0 Å². The van der Waals surface area contributed by atoms with Crippen molar-refractivity contribution in [3.05, 3.63) is 64.9 Å². The van der Waals surface area contributed by atoms with Crippen molar-refractivity contribution in [3.63, 3.8) is 0 Å². The number of carbonyl (C=O) groups excluding carboxylic acids is 2. The van der Waals surface area contributed by atoms with Crippen LogP contribution in [0.2, 0.25) is 0 Å². The van der Waals surface area contributed by atoms with Gasteiger partial charge in [0.2, 0.25) is 5.91 Å². The van der Waals surface area contributed by atoms with Gasteiger partial charge in [-0.3, -0.25) is 9.59 Å². The second kappa shape index (κ2) is 9.99. The minimum atomic E-state index is -0.161. The van der Waals surface area contributed by atoms with Crippen LogP contribution in [0.5, 0.6) is 11.5 Å². The monoisotopic (exact) mass is 428 g/mol. The number of hydrogen-bond acceptors (Lipinski definition) is 6. The molecule has 3 rings (SSSR count). The van der Waals surface area contributed by atoms with Crippen LogP contribution < -0.4 is 20.1 Å². The molecule has 3 aromatic rings. The summed E-state index contributed by atoms with van der Waals surface area (Å²) in [6.45, 7) is 0. The molecule has 0 bridgehead atoms. The SMILES string of the molecule is COc1ccc(NC(=O)CSc2cccc(NC(=O)c3cccs3)c2)c(OC)c1. The summed E-state index contributed by atoms with van der Waals surface area (Å²) in [5.41, 5.74) is 1.27. The van der Waals surface area contributed by atoms with E-state index in [1.165, 1.54) is 30.2 Å². The maximum atomic E-state index is 12.3. The number of hydrogen-bond donors (Lipinski definition) is 2. The van der Waals surface area contributed by atoms with Crippen molar-refractivity contribution in [1.29, 1.82) is 0 Å². The third kappa shape index (κ3) is 5.75. The molecule has 0 fully saturated rings. The summed E-state index contributed by atoms with van der Waals surface area (Å²) in [5, 5.41) is 7.57. The fraction of sp³-hybridized carbons (Fsp3) is 0.143. The summed E-state index contributed by atoms with van der Waals surface area (Å²) < 4.78 is 10.5. The molecule has 2 N–H and O–H groups in total. The van der Waals surface area contributed by atoms with Gasteiger partial charge in [-0.15, -0.1) is 23.1 Å². The average molecular weight is 429 g/mol. The van der Waals surface area contributed by atoms with Gasteiger partial charge < -0.3 is 20.1 Å². The zero-order chi connectivity index (χ0) is 20.6. The lowest BCUT2D eigenvalue weighted by atomic mass is 10.2. The molecule has 0 aliphatic rings. The first kappa shape index (κ1) is 20.8. The Balaban J connectivity index is 1.57. The molecule has 6 nitrogen and oxygen atoms in total. The quantitative estimate of drug-likeness (QED) is 0.507. The highest BCUT2D eigenvalue weighted by atomic mass is 32.2. The predicted octanol–water partition coefficient (Wildman–Crippen LogP) is 4.75. The van der Waals surface area contributed by atoms with Crippen LogP contribution in [0.4, 0.5) is 11.4 Å². The van der Waals surface area contributed by atoms with E-state index in [0.29, 0.717) is 27.8 Å². The third-order valence-corrected chi connectivity index (χ3v) is 5.75. The van der Waals surface area contributed by atoms with Crippen LogP contribution in [0.1, 0.15) is 9.67 Å². The molecule has 0 saturated heterocycles. The highest BCUT2D eigenvalue weighted by Gasteiger charge is 2.11. The van der Waals surface area contributed by atoms with Gasteiger partial charge in [0, 0.05) is 16.6 Å². The van der Waals surface area contributed by atoms with Crippen molar-refractivity contribution < 1.29 is 19.1 Å². The largest absolute Gasteiger partial charge is 0.497 e. The number of ether oxygens (including phenoxy) is 2. The van der Waals surface area contributed by atoms with Crippen LogP contribution in [0, 0.1) is 0 Å². The second-order valence-electron chi connectivity index (χ2n) is 5.86. The molecule has 0 atom stereocenters. The third-order valence-electron chi connectivity index (χ3n) is 3.89. The number of anilines is 2. The highest BCUT2D eigenvalue weighted by Crippen LogP contribution is 2.29. The van der Waals surface area contributed by atoms with Crippen LogP contribution in [-0.2, 0) is 4.79 Å². The summed E-state index contributed by atoms with van der Waals surface area (Å²) in [6.07, 6.45) is 0. The molecular formula is C21H20N2O4S2. The average Bonchev–Trinajstić information content (AvgIpc) is 3.28. The van der Waals surface area contributed by atoms with Gasteiger partial charge in [-0.1, -0.05) is 12.1 Å². The number of methoxy groups -OCH3 is 2. The van der Waals surface area contributed by atoms with Gasteiger partial charge in [0.1, 0.15) is 11.5 Å². The standard InChI is InChI=1S/C21H20N2O4S2/c1-26-15-8-9-17(18(12-15)27-2)23-20(24)13-29-16-6-3-5-14(11-16)22-21(25)19-7-4-10-28-19/h3-12H,13H2,1-2H3,(H,22,25)(H,23,24). The number of nitrogens with one attached hydrogen (secondary N) is 2. The van der Waals surface area contributed by atoms with Crippen LogP contribution in [0.3, 0.4) is 0 Å². The van der Waals surface area contributed by atoms with E-state index in [1.807, 2.05) is 35.7 Å². The van der Waals surface area contributed by atoms with Gasteiger partial charge >= 0.3 is 0 Å². The van der Waals surface area contributed by atoms with Crippen LogP contribution in [0.25, 0.3) is 0 Å². The van der Waals surface area contributed by atoms with E-state index in [4.69, 9.17) is 9.47 Å². The van der Waals surface area contributed by atoms with E-state index in [2.05, 4.69) is 10.6 Å². The van der Waals surface area contributed by atoms with E-state index < -0.39 is 0 Å². The van der Waals surface area contributed by atoms with Crippen LogP contribution in [-0.4, -0.2) is 31.8 Å². The Kier molecular flexibility index (Phi) is 7.15. The molecule has 1 heterocycles. The molecule has 2 aromatic carbocycles. The van der Waals surface area contributed by atoms with Gasteiger partial charge in [0.25, 0.3) is 5.91 Å². The Labute approximate surface area is 177 Å². The first-order valence-electron chi connectivity index (χ1n) is 8.68. The zero-order valence-electron chi connectivity index (χ0n) is 15.9. The Morgan fingerprint density at radius 1 is 1.00 bits per heavy atom. The molecule has 0 aliphatic heterocycles. The van der Waals surface area contributed by atoms with Gasteiger partial charge in [-0.05, 0) is 41.8 Å². The Morgan fingerprint density at radius 2 is 1.86 bits per heavy atom. The number of thiophene rings is 1. The van der Waals surface area contributed by atoms with Gasteiger partial charge in [-0.25, -0.2) is 0 Å². The molecule has 29 heavy (non-hydrogen) atoms. The summed E-state index contributed by atoms with van der Waals surface area (Å²) in [7, 11) is 3.11. The number of benzene rings is 2. The molecule has 1 aromatic heterocycles. The zero-order valence-corrected chi connectivity index (χ0v) is 17.6. The Morgan fingerprint density at radius 3 is 2.59 bits per heavy atom. The number of amides is 2. The van der Waals surface area contributed by atoms with Crippen molar-refractivity contribution in [2.45, 2.75) is 4.90 Å². The molecule has 0 spiro atoms. The van der Waals surface area contributed by atoms with E-state index in [9.17, 15) is 9.59 Å². The highest BCUT2D eigenvalue weighted by molar-refractivity contribution is 8.00. The summed E-state index contributed by atoms with van der Waals surface area (Å²) in [6, 6.07) is 16.2. The van der Waals surface area contributed by atoms with Gasteiger partial charge in [0.15, 0.2) is 0 Å². The first-order chi connectivity index (χ1) is 14.1. The summed E-state index contributed by atoms with van der Waals surface area (Å²) >= 11 is 2.77. The summed E-state index contributed by atoms with van der Waals surface area (Å²) in [5.74, 6) is 1.09. The predicted molar refractivity (Wildman–Crippen MR) is 118 cm³/mol. The van der Waals surface area contributed by atoms with Crippen LogP contribution >= 0.6 is 23.1 Å². The smallest absolute Gasteiger partial charge is 0.265 e. The minimum absolute atomic E-state index is 0.147. The van der Waals surface area contributed by atoms with Gasteiger partial charge in [0.05, 0.1) is 30.5 Å². The van der Waals surface area contributed by atoms with Crippen molar-refractivity contribution in [3.8, 4) is 11.5 Å². The molecule has 150 valence electrons. The maximum Gasteiger partial charge on any atom is 0.265 e. The van der Waals surface area contributed by atoms with Crippen molar-refractivity contribution in [2.75, 3.05) is 30.6 Å². The molecule has 8 heteroatoms. The van der Waals surface area contributed by atoms with Crippen molar-refractivity contribution in [1.82, 2.24) is 0 Å². The number of thioether (sulfide) groups is 1. The Bertz CT molecular complexity index is 990. The van der Waals surface area contributed by atoms with Crippen LogP contribution in [0.15, 0.2) is 64.9 Å². The first-order valence-corrected chi connectivity index (χ1v) is 10.5. The molecule has 0 aliphatic carbocycles. The molecular weight excluding hydrogens is 408 g/mol. The topological polar surface area (TPSA) is 76.7 Å². The maximum absolute atomic E-state index is 12.3. The van der Waals surface area contributed by atoms with Crippen molar-refractivity contribution >= 4 is 46.3 Å². The lowest BCUT2D eigenvalue weighted by Gasteiger charge is -2.11. The fourth-order valence-corrected chi connectivity index (χ4v) is 3.88. The number of rotatable bonds is 8. The van der Waals surface area contributed by atoms with E-state index in [1.54, 1.807) is 31.4 Å². The van der Waals surface area contributed by atoms with Gasteiger partial charge in [-0.2, -0.15) is 0 Å². The second-order valence-corrected chi connectivity index (χ2v) is 7.86. The summed E-state index contributed by atoms with van der Waals surface area (Å²) in [4.78, 5) is 26.0. The molecule has 0 saturated carbocycles. The lowest BCUT2D eigenvalue weighted by Crippen LogP contribution is -2.14. The molecule has 2 amide bonds. The normalized spacial score (nSPS) is 10.3. The van der Waals surface area contributed by atoms with E-state index in [0.717, 1.165) is 4.90 Å². The van der Waals surface area contributed by atoms with E-state index in [-0.39, 0.29) is 17.6 Å². The lowest BCUT2D eigenvalue weighted by molar-refractivity contribution is -0.113. The molecule has 0 unspecified atom stereocenters. The van der Waals surface area contributed by atoms with E-state index >= 15 is 0 Å². The Hall–Kier alpha value is -2.97. The fourth-order valence-electron chi connectivity index (χ4n) is 2.50. The molecule has 0 radical (unpaired) electrons.